The third kappa shape index (κ3) is 3.39. The van der Waals surface area contributed by atoms with Gasteiger partial charge in [-0.3, -0.25) is 0 Å². The highest BCUT2D eigenvalue weighted by Gasteiger charge is 2.11. The summed E-state index contributed by atoms with van der Waals surface area (Å²) in [7, 11) is 0. The van der Waals surface area contributed by atoms with Gasteiger partial charge in [-0.2, -0.15) is 4.98 Å². The van der Waals surface area contributed by atoms with E-state index in [1.807, 2.05) is 45.0 Å². The van der Waals surface area contributed by atoms with Crippen LogP contribution in [0.3, 0.4) is 0 Å². The van der Waals surface area contributed by atoms with Gasteiger partial charge in [0.15, 0.2) is 0 Å². The minimum Gasteiger partial charge on any atom is -0.494 e. The molecule has 2 aromatic rings. The van der Waals surface area contributed by atoms with Gasteiger partial charge < -0.3 is 9.47 Å². The minimum absolute atomic E-state index is 0.424. The smallest absolute Gasteiger partial charge is 0.226 e. The van der Waals surface area contributed by atoms with Crippen LogP contribution in [0.4, 0.5) is 0 Å². The first-order chi connectivity index (χ1) is 9.63. The maximum Gasteiger partial charge on any atom is 0.226 e. The molecule has 4 nitrogen and oxygen atoms in total. The van der Waals surface area contributed by atoms with Gasteiger partial charge in [0.25, 0.3) is 0 Å². The maximum absolute atomic E-state index is 6.09. The first kappa shape index (κ1) is 14.6. The zero-order valence-corrected chi connectivity index (χ0v) is 12.6. The fourth-order valence-corrected chi connectivity index (χ4v) is 1.85. The predicted octanol–water partition coefficient (Wildman–Crippen LogP) is 4.19. The van der Waals surface area contributed by atoms with Crippen LogP contribution in [0.5, 0.6) is 17.4 Å². The van der Waals surface area contributed by atoms with E-state index in [2.05, 4.69) is 9.97 Å². The summed E-state index contributed by atoms with van der Waals surface area (Å²) in [5.74, 6) is 2.57. The molecule has 0 atom stereocenters. The van der Waals surface area contributed by atoms with E-state index in [1.54, 1.807) is 0 Å². The molecule has 1 aromatic carbocycles. The van der Waals surface area contributed by atoms with Crippen LogP contribution in [0.15, 0.2) is 24.3 Å². The zero-order valence-electron chi connectivity index (χ0n) is 11.8. The summed E-state index contributed by atoms with van der Waals surface area (Å²) >= 11 is 6.09. The van der Waals surface area contributed by atoms with Gasteiger partial charge in [-0.05, 0) is 26.0 Å². The van der Waals surface area contributed by atoms with E-state index in [-0.39, 0.29) is 0 Å². The second-order valence-corrected chi connectivity index (χ2v) is 4.58. The number of ether oxygens (including phenoxy) is 2. The van der Waals surface area contributed by atoms with Crippen LogP contribution in [-0.4, -0.2) is 16.6 Å². The molecule has 0 fully saturated rings. The second-order valence-electron chi connectivity index (χ2n) is 4.22. The van der Waals surface area contributed by atoms with Crippen LogP contribution >= 0.6 is 11.6 Å². The summed E-state index contributed by atoms with van der Waals surface area (Å²) in [5, 5.41) is 0.424. The van der Waals surface area contributed by atoms with E-state index in [9.17, 15) is 0 Å². The molecular weight excluding hydrogens is 276 g/mol. The zero-order chi connectivity index (χ0) is 14.5. The predicted molar refractivity (Wildman–Crippen MR) is 78.8 cm³/mol. The van der Waals surface area contributed by atoms with E-state index < -0.39 is 0 Å². The first-order valence-electron chi connectivity index (χ1n) is 6.57. The third-order valence-electron chi connectivity index (χ3n) is 2.74. The molecule has 5 heteroatoms. The van der Waals surface area contributed by atoms with Gasteiger partial charge in [-0.25, -0.2) is 4.98 Å². The summed E-state index contributed by atoms with van der Waals surface area (Å²) < 4.78 is 11.2. The molecule has 1 heterocycles. The molecule has 0 N–H and O–H groups in total. The SMILES string of the molecule is CCOc1cccc(Oc2nc(CC)nc(Cl)c2C)c1. The Bertz CT molecular complexity index is 602. The van der Waals surface area contributed by atoms with Crippen molar-refractivity contribution < 1.29 is 9.47 Å². The standard InChI is InChI=1S/C15H17ClN2O2/c1-4-13-17-14(16)10(3)15(18-13)20-12-8-6-7-11(9-12)19-5-2/h6-9H,4-5H2,1-3H3. The summed E-state index contributed by atoms with van der Waals surface area (Å²) in [6.45, 7) is 6.36. The quantitative estimate of drug-likeness (QED) is 0.775. The highest BCUT2D eigenvalue weighted by Crippen LogP contribution is 2.29. The van der Waals surface area contributed by atoms with Gasteiger partial charge in [-0.15, -0.1) is 0 Å². The fourth-order valence-electron chi connectivity index (χ4n) is 1.67. The lowest BCUT2D eigenvalue weighted by molar-refractivity contribution is 0.337. The van der Waals surface area contributed by atoms with E-state index in [0.29, 0.717) is 35.6 Å². The molecule has 0 radical (unpaired) electrons. The molecule has 0 saturated carbocycles. The molecule has 20 heavy (non-hydrogen) atoms. The molecular formula is C15H17ClN2O2. The van der Waals surface area contributed by atoms with Crippen LogP contribution in [0.25, 0.3) is 0 Å². The molecule has 0 amide bonds. The summed E-state index contributed by atoms with van der Waals surface area (Å²) in [5.41, 5.74) is 0.727. The number of aromatic nitrogens is 2. The normalized spacial score (nSPS) is 10.4. The number of aryl methyl sites for hydroxylation is 1. The Balaban J connectivity index is 2.29. The Kier molecular flexibility index (Phi) is 4.79. The minimum atomic E-state index is 0.424. The van der Waals surface area contributed by atoms with Gasteiger partial charge in [0.2, 0.25) is 5.88 Å². The molecule has 0 unspecified atom stereocenters. The Morgan fingerprint density at radius 3 is 2.60 bits per heavy atom. The van der Waals surface area contributed by atoms with E-state index in [0.717, 1.165) is 11.3 Å². The van der Waals surface area contributed by atoms with Crippen molar-refractivity contribution in [2.75, 3.05) is 6.61 Å². The van der Waals surface area contributed by atoms with Crippen LogP contribution in [0.2, 0.25) is 5.15 Å². The van der Waals surface area contributed by atoms with Crippen molar-refractivity contribution in [3.05, 3.63) is 40.8 Å². The molecule has 0 aliphatic carbocycles. The number of nitrogens with zero attached hydrogens (tertiary/aromatic N) is 2. The van der Waals surface area contributed by atoms with Crippen molar-refractivity contribution in [1.29, 1.82) is 0 Å². The Morgan fingerprint density at radius 2 is 1.90 bits per heavy atom. The van der Waals surface area contributed by atoms with Crippen molar-refractivity contribution in [3.63, 3.8) is 0 Å². The topological polar surface area (TPSA) is 44.2 Å². The van der Waals surface area contributed by atoms with Crippen LogP contribution in [-0.2, 0) is 6.42 Å². The third-order valence-corrected chi connectivity index (χ3v) is 3.10. The number of rotatable bonds is 5. The Hall–Kier alpha value is -1.81. The molecule has 1 aromatic heterocycles. The first-order valence-corrected chi connectivity index (χ1v) is 6.95. The largest absolute Gasteiger partial charge is 0.494 e. The van der Waals surface area contributed by atoms with E-state index >= 15 is 0 Å². The highest BCUT2D eigenvalue weighted by molar-refractivity contribution is 6.30. The lowest BCUT2D eigenvalue weighted by Crippen LogP contribution is -2.00. The van der Waals surface area contributed by atoms with Crippen LogP contribution in [0, 0.1) is 6.92 Å². The summed E-state index contributed by atoms with van der Waals surface area (Å²) in [6, 6.07) is 7.43. The molecule has 106 valence electrons. The second kappa shape index (κ2) is 6.57. The fraction of sp³-hybridized carbons (Fsp3) is 0.333. The average molecular weight is 293 g/mol. The van der Waals surface area contributed by atoms with Gasteiger partial charge >= 0.3 is 0 Å². The van der Waals surface area contributed by atoms with E-state index in [4.69, 9.17) is 21.1 Å². The summed E-state index contributed by atoms with van der Waals surface area (Å²) in [4.78, 5) is 8.55. The van der Waals surface area contributed by atoms with Gasteiger partial charge in [-0.1, -0.05) is 24.6 Å². The van der Waals surface area contributed by atoms with Gasteiger partial charge in [0.1, 0.15) is 22.5 Å². The summed E-state index contributed by atoms with van der Waals surface area (Å²) in [6.07, 6.45) is 0.704. The van der Waals surface area contributed by atoms with Crippen LogP contribution in [0.1, 0.15) is 25.2 Å². The van der Waals surface area contributed by atoms with Crippen molar-refractivity contribution in [2.24, 2.45) is 0 Å². The van der Waals surface area contributed by atoms with Gasteiger partial charge in [0, 0.05) is 18.1 Å². The van der Waals surface area contributed by atoms with Crippen molar-refractivity contribution >= 4 is 11.6 Å². The van der Waals surface area contributed by atoms with Crippen molar-refractivity contribution in [2.45, 2.75) is 27.2 Å². The molecule has 0 bridgehead atoms. The van der Waals surface area contributed by atoms with Crippen molar-refractivity contribution in [3.8, 4) is 17.4 Å². The Labute approximate surface area is 123 Å². The number of hydrogen-bond acceptors (Lipinski definition) is 4. The van der Waals surface area contributed by atoms with Gasteiger partial charge in [0.05, 0.1) is 6.61 Å². The monoisotopic (exact) mass is 292 g/mol. The number of benzene rings is 1. The number of hydrogen-bond donors (Lipinski definition) is 0. The van der Waals surface area contributed by atoms with E-state index in [1.165, 1.54) is 0 Å². The number of halogens is 1. The Morgan fingerprint density at radius 1 is 1.15 bits per heavy atom. The lowest BCUT2D eigenvalue weighted by atomic mass is 10.3. The van der Waals surface area contributed by atoms with Crippen LogP contribution < -0.4 is 9.47 Å². The molecule has 2 rings (SSSR count). The molecule has 0 spiro atoms. The highest BCUT2D eigenvalue weighted by atomic mass is 35.5. The average Bonchev–Trinajstić information content (AvgIpc) is 2.44. The van der Waals surface area contributed by atoms with Crippen molar-refractivity contribution in [1.82, 2.24) is 9.97 Å². The molecule has 0 aliphatic rings. The maximum atomic E-state index is 6.09. The molecule has 0 saturated heterocycles. The molecule has 0 aliphatic heterocycles. The lowest BCUT2D eigenvalue weighted by Gasteiger charge is -2.11.